The standard InChI is InChI=1S/C15H16FN3O3S2/c1-2-22-13(21)8-7-12(20)17-14-18-19-15(24-14)23-9-10-3-5-11(16)6-4-10/h3-6H,2,7-9H2,1H3,(H,17,18,20). The Morgan fingerprint density at radius 2 is 2.00 bits per heavy atom. The van der Waals surface area contributed by atoms with Gasteiger partial charge in [-0.05, 0) is 24.6 Å². The van der Waals surface area contributed by atoms with Crippen molar-refractivity contribution in [3.05, 3.63) is 35.6 Å². The van der Waals surface area contributed by atoms with Crippen molar-refractivity contribution in [2.24, 2.45) is 0 Å². The van der Waals surface area contributed by atoms with Crippen molar-refractivity contribution in [1.29, 1.82) is 0 Å². The van der Waals surface area contributed by atoms with Gasteiger partial charge in [-0.2, -0.15) is 0 Å². The van der Waals surface area contributed by atoms with Crippen LogP contribution in [0.1, 0.15) is 25.3 Å². The van der Waals surface area contributed by atoms with Crippen LogP contribution >= 0.6 is 23.1 Å². The number of carbonyl (C=O) groups excluding carboxylic acids is 2. The van der Waals surface area contributed by atoms with E-state index in [-0.39, 0.29) is 24.6 Å². The summed E-state index contributed by atoms with van der Waals surface area (Å²) < 4.78 is 18.3. The van der Waals surface area contributed by atoms with E-state index in [4.69, 9.17) is 4.74 Å². The van der Waals surface area contributed by atoms with Gasteiger partial charge in [-0.15, -0.1) is 10.2 Å². The molecule has 6 nitrogen and oxygen atoms in total. The summed E-state index contributed by atoms with van der Waals surface area (Å²) in [5.41, 5.74) is 0.969. The van der Waals surface area contributed by atoms with E-state index in [1.807, 2.05) is 0 Å². The first-order valence-corrected chi connectivity index (χ1v) is 9.03. The highest BCUT2D eigenvalue weighted by Crippen LogP contribution is 2.28. The van der Waals surface area contributed by atoms with Crippen molar-refractivity contribution in [2.45, 2.75) is 29.9 Å². The maximum Gasteiger partial charge on any atom is 0.306 e. The molecule has 0 saturated carbocycles. The lowest BCUT2D eigenvalue weighted by Crippen LogP contribution is -2.14. The number of carbonyl (C=O) groups is 2. The van der Waals surface area contributed by atoms with Gasteiger partial charge in [-0.3, -0.25) is 9.59 Å². The number of hydrogen-bond donors (Lipinski definition) is 1. The van der Waals surface area contributed by atoms with Crippen molar-refractivity contribution < 1.29 is 18.7 Å². The van der Waals surface area contributed by atoms with Crippen molar-refractivity contribution in [3.8, 4) is 0 Å². The number of nitrogens with one attached hydrogen (secondary N) is 1. The normalized spacial score (nSPS) is 10.4. The van der Waals surface area contributed by atoms with E-state index in [1.54, 1.807) is 19.1 Å². The third-order valence-corrected chi connectivity index (χ3v) is 4.83. The Balaban J connectivity index is 1.77. The highest BCUT2D eigenvalue weighted by atomic mass is 32.2. The molecule has 128 valence electrons. The van der Waals surface area contributed by atoms with Crippen LogP contribution in [0.2, 0.25) is 0 Å². The summed E-state index contributed by atoms with van der Waals surface area (Å²) >= 11 is 2.70. The molecule has 0 aliphatic carbocycles. The quantitative estimate of drug-likeness (QED) is 0.437. The number of amides is 1. The maximum absolute atomic E-state index is 12.8. The summed E-state index contributed by atoms with van der Waals surface area (Å²) in [4.78, 5) is 22.9. The number of rotatable bonds is 8. The Morgan fingerprint density at radius 3 is 2.71 bits per heavy atom. The lowest BCUT2D eigenvalue weighted by atomic mass is 10.2. The molecule has 0 saturated heterocycles. The number of anilines is 1. The Morgan fingerprint density at radius 1 is 1.25 bits per heavy atom. The molecule has 1 amide bonds. The number of aromatic nitrogens is 2. The first kappa shape index (κ1) is 18.3. The molecule has 2 rings (SSSR count). The smallest absolute Gasteiger partial charge is 0.306 e. The monoisotopic (exact) mass is 369 g/mol. The number of esters is 1. The predicted molar refractivity (Wildman–Crippen MR) is 90.4 cm³/mol. The molecule has 2 aromatic rings. The van der Waals surface area contributed by atoms with E-state index in [9.17, 15) is 14.0 Å². The topological polar surface area (TPSA) is 81.2 Å². The Hall–Kier alpha value is -2.00. The van der Waals surface area contributed by atoms with Crippen molar-refractivity contribution >= 4 is 40.1 Å². The minimum absolute atomic E-state index is 0.0324. The van der Waals surface area contributed by atoms with Gasteiger partial charge < -0.3 is 10.1 Å². The first-order valence-electron chi connectivity index (χ1n) is 7.23. The molecule has 0 bridgehead atoms. The molecule has 1 aromatic heterocycles. The highest BCUT2D eigenvalue weighted by Gasteiger charge is 2.11. The molecule has 0 aliphatic rings. The van der Waals surface area contributed by atoms with Gasteiger partial charge in [0.1, 0.15) is 5.82 Å². The Labute approximate surface area is 146 Å². The number of hydrogen-bond acceptors (Lipinski definition) is 7. The van der Waals surface area contributed by atoms with Gasteiger partial charge in [0.05, 0.1) is 13.0 Å². The fourth-order valence-corrected chi connectivity index (χ4v) is 3.40. The summed E-state index contributed by atoms with van der Waals surface area (Å²) in [5.74, 6) is -0.353. The summed E-state index contributed by atoms with van der Waals surface area (Å²) in [5, 5.41) is 10.8. The Bertz CT molecular complexity index is 692. The van der Waals surface area contributed by atoms with E-state index in [2.05, 4.69) is 15.5 Å². The molecule has 0 spiro atoms. The van der Waals surface area contributed by atoms with Gasteiger partial charge in [-0.25, -0.2) is 4.39 Å². The summed E-state index contributed by atoms with van der Waals surface area (Å²) in [6, 6.07) is 6.24. The van der Waals surface area contributed by atoms with Gasteiger partial charge in [-0.1, -0.05) is 35.2 Å². The zero-order chi connectivity index (χ0) is 17.4. The number of thioether (sulfide) groups is 1. The minimum Gasteiger partial charge on any atom is -0.466 e. The van der Waals surface area contributed by atoms with Gasteiger partial charge in [0, 0.05) is 12.2 Å². The van der Waals surface area contributed by atoms with Crippen LogP contribution in [-0.2, 0) is 20.1 Å². The minimum atomic E-state index is -0.402. The molecule has 24 heavy (non-hydrogen) atoms. The first-order chi connectivity index (χ1) is 11.6. The van der Waals surface area contributed by atoms with E-state index in [1.165, 1.54) is 35.2 Å². The molecular formula is C15H16FN3O3S2. The van der Waals surface area contributed by atoms with E-state index < -0.39 is 5.97 Å². The van der Waals surface area contributed by atoms with Crippen LogP contribution in [-0.4, -0.2) is 28.7 Å². The molecule has 0 unspecified atom stereocenters. The van der Waals surface area contributed by atoms with Crippen LogP contribution in [0, 0.1) is 5.82 Å². The number of benzene rings is 1. The second kappa shape index (κ2) is 9.33. The summed E-state index contributed by atoms with van der Waals surface area (Å²) in [6.45, 7) is 2.01. The Kier molecular flexibility index (Phi) is 7.13. The van der Waals surface area contributed by atoms with Gasteiger partial charge in [0.25, 0.3) is 0 Å². The predicted octanol–water partition coefficient (Wildman–Crippen LogP) is 3.25. The lowest BCUT2D eigenvalue weighted by Gasteiger charge is -2.01. The fraction of sp³-hybridized carbons (Fsp3) is 0.333. The molecule has 0 atom stereocenters. The van der Waals surface area contributed by atoms with Gasteiger partial charge >= 0.3 is 5.97 Å². The fourth-order valence-electron chi connectivity index (χ4n) is 1.67. The second-order valence-corrected chi connectivity index (χ2v) is 6.84. The third kappa shape index (κ3) is 6.25. The largest absolute Gasteiger partial charge is 0.466 e. The maximum atomic E-state index is 12.8. The highest BCUT2D eigenvalue weighted by molar-refractivity contribution is 8.00. The zero-order valence-corrected chi connectivity index (χ0v) is 14.6. The van der Waals surface area contributed by atoms with E-state index in [0.717, 1.165) is 5.56 Å². The number of halogens is 1. The van der Waals surface area contributed by atoms with Crippen LogP contribution in [0.25, 0.3) is 0 Å². The summed E-state index contributed by atoms with van der Waals surface area (Å²) in [6.07, 6.45) is 0.0706. The molecule has 0 aliphatic heterocycles. The van der Waals surface area contributed by atoms with Gasteiger partial charge in [0.2, 0.25) is 11.0 Å². The van der Waals surface area contributed by atoms with Crippen LogP contribution in [0.4, 0.5) is 9.52 Å². The number of nitrogens with zero attached hydrogens (tertiary/aromatic N) is 2. The van der Waals surface area contributed by atoms with Crippen molar-refractivity contribution in [2.75, 3.05) is 11.9 Å². The third-order valence-electron chi connectivity index (χ3n) is 2.79. The summed E-state index contributed by atoms with van der Waals surface area (Å²) in [7, 11) is 0. The zero-order valence-electron chi connectivity index (χ0n) is 13.0. The molecule has 1 heterocycles. The SMILES string of the molecule is CCOC(=O)CCC(=O)Nc1nnc(SCc2ccc(F)cc2)s1. The molecule has 1 N–H and O–H groups in total. The van der Waals surface area contributed by atoms with Crippen molar-refractivity contribution in [1.82, 2.24) is 10.2 Å². The van der Waals surface area contributed by atoms with E-state index >= 15 is 0 Å². The molecule has 0 fully saturated rings. The number of ether oxygens (including phenoxy) is 1. The van der Waals surface area contributed by atoms with Crippen LogP contribution in [0.5, 0.6) is 0 Å². The molecular weight excluding hydrogens is 353 g/mol. The molecule has 1 aromatic carbocycles. The average Bonchev–Trinajstić information content (AvgIpc) is 3.00. The van der Waals surface area contributed by atoms with E-state index in [0.29, 0.717) is 21.8 Å². The van der Waals surface area contributed by atoms with Crippen LogP contribution in [0.3, 0.4) is 0 Å². The van der Waals surface area contributed by atoms with Crippen LogP contribution in [0.15, 0.2) is 28.6 Å². The van der Waals surface area contributed by atoms with Gasteiger partial charge in [0.15, 0.2) is 4.34 Å². The second-order valence-electron chi connectivity index (χ2n) is 4.64. The average molecular weight is 369 g/mol. The van der Waals surface area contributed by atoms with Crippen LogP contribution < -0.4 is 5.32 Å². The lowest BCUT2D eigenvalue weighted by molar-refractivity contribution is -0.144. The van der Waals surface area contributed by atoms with Crippen molar-refractivity contribution in [3.63, 3.8) is 0 Å². The molecule has 0 radical (unpaired) electrons. The molecule has 9 heteroatoms.